The highest BCUT2D eigenvalue weighted by Crippen LogP contribution is 2.35. The first-order valence-electron chi connectivity index (χ1n) is 10.5. The van der Waals surface area contributed by atoms with Crippen LogP contribution in [0.1, 0.15) is 23.6 Å². The Hall–Kier alpha value is -2.35. The van der Waals surface area contributed by atoms with Crippen LogP contribution in [0.2, 0.25) is 0 Å². The van der Waals surface area contributed by atoms with E-state index in [-0.39, 0.29) is 18.7 Å². The summed E-state index contributed by atoms with van der Waals surface area (Å²) >= 11 is 3.55. The van der Waals surface area contributed by atoms with Gasteiger partial charge in [0.15, 0.2) is 5.79 Å². The lowest BCUT2D eigenvalue weighted by molar-refractivity contribution is -0.269. The Labute approximate surface area is 189 Å². The number of carbonyl (C=O) groups excluding carboxylic acids is 1. The number of halogens is 1. The lowest BCUT2D eigenvalue weighted by Gasteiger charge is -2.38. The lowest BCUT2D eigenvalue weighted by atomic mass is 10.2. The van der Waals surface area contributed by atoms with Gasteiger partial charge in [-0.3, -0.25) is 0 Å². The maximum absolute atomic E-state index is 12.5. The van der Waals surface area contributed by atoms with Gasteiger partial charge >= 0.3 is 6.09 Å². The molecule has 0 N–H and O–H groups in total. The van der Waals surface area contributed by atoms with Crippen molar-refractivity contribution in [2.75, 3.05) is 26.3 Å². The fourth-order valence-electron chi connectivity index (χ4n) is 4.40. The average molecular weight is 485 g/mol. The summed E-state index contributed by atoms with van der Waals surface area (Å²) in [5, 5.41) is 1.22. The molecule has 6 nitrogen and oxygen atoms in total. The van der Waals surface area contributed by atoms with Crippen molar-refractivity contribution in [3.63, 3.8) is 0 Å². The van der Waals surface area contributed by atoms with Gasteiger partial charge in [0.25, 0.3) is 0 Å². The highest BCUT2D eigenvalue weighted by molar-refractivity contribution is 9.10. The second-order valence-electron chi connectivity index (χ2n) is 8.28. The number of rotatable bonds is 3. The van der Waals surface area contributed by atoms with Crippen LogP contribution in [-0.2, 0) is 20.8 Å². The van der Waals surface area contributed by atoms with Gasteiger partial charge in [-0.2, -0.15) is 0 Å². The maximum Gasteiger partial charge on any atom is 0.410 e. The third-order valence-electron chi connectivity index (χ3n) is 6.12. The van der Waals surface area contributed by atoms with E-state index in [9.17, 15) is 4.79 Å². The quantitative estimate of drug-likeness (QED) is 0.522. The average Bonchev–Trinajstić information content (AvgIpc) is 3.35. The number of fused-ring (bicyclic) bond motifs is 1. The first kappa shape index (κ1) is 20.5. The van der Waals surface area contributed by atoms with E-state index in [1.807, 2.05) is 30.3 Å². The van der Waals surface area contributed by atoms with Crippen molar-refractivity contribution >= 4 is 32.9 Å². The second-order valence-corrected chi connectivity index (χ2v) is 9.19. The van der Waals surface area contributed by atoms with Crippen LogP contribution in [-0.4, -0.2) is 47.7 Å². The van der Waals surface area contributed by atoms with Crippen LogP contribution in [0.15, 0.2) is 59.2 Å². The molecule has 3 heterocycles. The molecule has 1 spiro atoms. The molecule has 31 heavy (non-hydrogen) atoms. The molecule has 162 valence electrons. The third-order valence-corrected chi connectivity index (χ3v) is 6.62. The molecule has 2 aliphatic heterocycles. The Morgan fingerprint density at radius 2 is 1.97 bits per heavy atom. The van der Waals surface area contributed by atoms with Gasteiger partial charge in [0.2, 0.25) is 0 Å². The minimum atomic E-state index is -0.733. The van der Waals surface area contributed by atoms with E-state index < -0.39 is 5.79 Å². The molecular weight excluding hydrogens is 460 g/mol. The van der Waals surface area contributed by atoms with Crippen LogP contribution in [0, 0.1) is 6.92 Å². The van der Waals surface area contributed by atoms with Crippen molar-refractivity contribution in [3.8, 4) is 0 Å². The zero-order valence-corrected chi connectivity index (χ0v) is 19.0. The molecule has 2 aromatic carbocycles. The number of amides is 1. The molecule has 2 fully saturated rings. The molecule has 7 heteroatoms. The van der Waals surface area contributed by atoms with Crippen molar-refractivity contribution < 1.29 is 19.0 Å². The van der Waals surface area contributed by atoms with Crippen molar-refractivity contribution in [1.29, 1.82) is 0 Å². The zero-order chi connectivity index (χ0) is 21.4. The summed E-state index contributed by atoms with van der Waals surface area (Å²) in [5.41, 5.74) is 3.37. The van der Waals surface area contributed by atoms with Crippen molar-refractivity contribution in [2.24, 2.45) is 0 Å². The molecular formula is C24H25BrN2O4. The Morgan fingerprint density at radius 3 is 2.74 bits per heavy atom. The second kappa shape index (κ2) is 8.30. The van der Waals surface area contributed by atoms with E-state index >= 15 is 0 Å². The van der Waals surface area contributed by atoms with Crippen LogP contribution >= 0.6 is 15.9 Å². The highest BCUT2D eigenvalue weighted by atomic mass is 79.9. The van der Waals surface area contributed by atoms with Gasteiger partial charge in [-0.1, -0.05) is 46.3 Å². The maximum atomic E-state index is 12.5. The number of aryl methyl sites for hydroxylation is 1. The molecule has 0 atom stereocenters. The summed E-state index contributed by atoms with van der Waals surface area (Å²) in [4.78, 5) is 14.2. The van der Waals surface area contributed by atoms with Crippen LogP contribution in [0.4, 0.5) is 4.79 Å². The Bertz CT molecular complexity index is 1090. The first-order valence-corrected chi connectivity index (χ1v) is 11.3. The Balaban J connectivity index is 1.20. The summed E-state index contributed by atoms with van der Waals surface area (Å²) < 4.78 is 21.2. The van der Waals surface area contributed by atoms with Crippen molar-refractivity contribution in [1.82, 2.24) is 9.47 Å². The van der Waals surface area contributed by atoms with Crippen molar-refractivity contribution in [2.45, 2.75) is 31.8 Å². The van der Waals surface area contributed by atoms with Gasteiger partial charge in [0.05, 0.1) is 25.8 Å². The van der Waals surface area contributed by atoms with Gasteiger partial charge in [-0.05, 0) is 36.2 Å². The fraction of sp³-hybridized carbons (Fsp3) is 0.375. The van der Waals surface area contributed by atoms with Gasteiger partial charge in [0, 0.05) is 34.5 Å². The van der Waals surface area contributed by atoms with Crippen LogP contribution in [0.5, 0.6) is 0 Å². The van der Waals surface area contributed by atoms with E-state index in [1.54, 1.807) is 4.90 Å². The number of nitrogens with zero attached hydrogens (tertiary/aromatic N) is 2. The summed E-state index contributed by atoms with van der Waals surface area (Å²) in [6, 6.07) is 16.1. The Kier molecular flexibility index (Phi) is 5.50. The van der Waals surface area contributed by atoms with Gasteiger partial charge < -0.3 is 23.7 Å². The third kappa shape index (κ3) is 4.10. The molecule has 2 aliphatic rings. The zero-order valence-electron chi connectivity index (χ0n) is 17.4. The van der Waals surface area contributed by atoms with E-state index in [2.05, 4.69) is 51.8 Å². The number of hydrogen-bond acceptors (Lipinski definition) is 4. The number of ether oxygens (including phenoxy) is 3. The molecule has 0 aliphatic carbocycles. The van der Waals surface area contributed by atoms with Crippen LogP contribution in [0.3, 0.4) is 0 Å². The van der Waals surface area contributed by atoms with Gasteiger partial charge in [-0.15, -0.1) is 0 Å². The van der Waals surface area contributed by atoms with Crippen LogP contribution in [0.25, 0.3) is 10.9 Å². The summed E-state index contributed by atoms with van der Waals surface area (Å²) in [6.07, 6.45) is 2.49. The molecule has 1 amide bonds. The smallest absolute Gasteiger partial charge is 0.410 e. The minimum Gasteiger partial charge on any atom is -0.445 e. The molecule has 5 rings (SSSR count). The number of carbonyl (C=O) groups is 1. The number of likely N-dealkylation sites (tertiary alicyclic amines) is 1. The van der Waals surface area contributed by atoms with Gasteiger partial charge in [-0.25, -0.2) is 4.79 Å². The van der Waals surface area contributed by atoms with E-state index in [0.717, 1.165) is 10.0 Å². The molecule has 1 aromatic heterocycles. The standard InChI is InChI=1S/C24H25BrN2O4/c1-17-12-27(22-8-7-19(25)11-21(17)22)20-14-30-24(31-15-20)9-10-26(16-24)23(28)29-13-18-5-3-2-4-6-18/h2-8,11-12,20H,9-10,13-16H2,1H3. The summed E-state index contributed by atoms with van der Waals surface area (Å²) in [7, 11) is 0. The van der Waals surface area contributed by atoms with E-state index in [1.165, 1.54) is 16.5 Å². The largest absolute Gasteiger partial charge is 0.445 e. The summed E-state index contributed by atoms with van der Waals surface area (Å²) in [6.45, 7) is 4.44. The Morgan fingerprint density at radius 1 is 1.19 bits per heavy atom. The molecule has 0 unspecified atom stereocenters. The predicted octanol–water partition coefficient (Wildman–Crippen LogP) is 5.04. The monoisotopic (exact) mass is 484 g/mol. The summed E-state index contributed by atoms with van der Waals surface area (Å²) in [5.74, 6) is -0.733. The van der Waals surface area contributed by atoms with E-state index in [4.69, 9.17) is 14.2 Å². The molecule has 2 saturated heterocycles. The topological polar surface area (TPSA) is 52.9 Å². The molecule has 0 saturated carbocycles. The fourth-order valence-corrected chi connectivity index (χ4v) is 4.76. The first-order chi connectivity index (χ1) is 15.0. The number of benzene rings is 2. The highest BCUT2D eigenvalue weighted by Gasteiger charge is 2.46. The molecule has 3 aromatic rings. The van der Waals surface area contributed by atoms with Crippen LogP contribution < -0.4 is 0 Å². The minimum absolute atomic E-state index is 0.0992. The number of hydrogen-bond donors (Lipinski definition) is 0. The SMILES string of the molecule is Cc1cn(C2COC3(CCN(C(=O)OCc4ccccc4)C3)OC2)c2ccc(Br)cc12. The molecule has 0 bridgehead atoms. The van der Waals surface area contributed by atoms with E-state index in [0.29, 0.717) is 32.7 Å². The predicted molar refractivity (Wildman–Crippen MR) is 121 cm³/mol. The van der Waals surface area contributed by atoms with Gasteiger partial charge in [0.1, 0.15) is 6.61 Å². The van der Waals surface area contributed by atoms with Crippen molar-refractivity contribution in [3.05, 3.63) is 70.3 Å². The molecule has 0 radical (unpaired) electrons. The number of aromatic nitrogens is 1. The lowest BCUT2D eigenvalue weighted by Crippen LogP contribution is -2.47. The normalized spacial score (nSPS) is 23.5.